The average Bonchev–Trinajstić information content (AvgIpc) is 3.59. The minimum atomic E-state index is 0.265. The van der Waals surface area contributed by atoms with Gasteiger partial charge in [0.1, 0.15) is 11.5 Å². The molecule has 0 spiro atoms. The van der Waals surface area contributed by atoms with Crippen LogP contribution in [0.3, 0.4) is 0 Å². The largest absolute Gasteiger partial charge is 0.507 e. The number of phenols is 2. The minimum Gasteiger partial charge on any atom is -0.507 e. The fourth-order valence-electron chi connectivity index (χ4n) is 4.97. The predicted molar refractivity (Wildman–Crippen MR) is 126 cm³/mol. The second kappa shape index (κ2) is 7.94. The third-order valence-corrected chi connectivity index (χ3v) is 7.55. The number of hydrogen-bond acceptors (Lipinski definition) is 2. The number of hydrogen-bond donors (Lipinski definition) is 2. The van der Waals surface area contributed by atoms with Crippen molar-refractivity contribution in [2.24, 2.45) is 11.8 Å². The van der Waals surface area contributed by atoms with E-state index >= 15 is 0 Å². The number of aromatic hydroxyl groups is 2. The molecule has 2 heteroatoms. The predicted octanol–water partition coefficient (Wildman–Crippen LogP) is 8.04. The molecule has 0 aliphatic heterocycles. The van der Waals surface area contributed by atoms with Crippen LogP contribution in [0, 0.1) is 11.8 Å². The summed E-state index contributed by atoms with van der Waals surface area (Å²) in [6.07, 6.45) is 5.06. The minimum absolute atomic E-state index is 0.265. The van der Waals surface area contributed by atoms with E-state index in [1.807, 2.05) is 0 Å². The zero-order chi connectivity index (χ0) is 21.7. The molecule has 162 valence electrons. The molecule has 2 nitrogen and oxygen atoms in total. The maximum Gasteiger partial charge on any atom is 0.122 e. The summed E-state index contributed by atoms with van der Waals surface area (Å²) in [4.78, 5) is 0. The van der Waals surface area contributed by atoms with Gasteiger partial charge >= 0.3 is 0 Å². The van der Waals surface area contributed by atoms with E-state index in [4.69, 9.17) is 0 Å². The molecule has 2 aromatic rings. The van der Waals surface area contributed by atoms with Crippen LogP contribution in [0.25, 0.3) is 11.1 Å². The summed E-state index contributed by atoms with van der Waals surface area (Å²) in [5.41, 5.74) is 6.59. The molecule has 0 heterocycles. The fourth-order valence-corrected chi connectivity index (χ4v) is 4.97. The van der Waals surface area contributed by atoms with Crippen LogP contribution in [0.2, 0.25) is 0 Å². The second-order valence-electron chi connectivity index (χ2n) is 10.6. The molecular formula is C28H38O2. The smallest absolute Gasteiger partial charge is 0.122 e. The highest BCUT2D eigenvalue weighted by atomic mass is 16.3. The van der Waals surface area contributed by atoms with Crippen LogP contribution < -0.4 is 0 Å². The van der Waals surface area contributed by atoms with Crippen molar-refractivity contribution in [2.75, 3.05) is 0 Å². The van der Waals surface area contributed by atoms with Gasteiger partial charge in [-0.3, -0.25) is 0 Å². The van der Waals surface area contributed by atoms with Crippen LogP contribution in [0.5, 0.6) is 11.5 Å². The molecule has 2 atom stereocenters. The molecule has 2 aliphatic rings. The Labute approximate surface area is 182 Å². The van der Waals surface area contributed by atoms with Gasteiger partial charge in [0.25, 0.3) is 0 Å². The highest BCUT2D eigenvalue weighted by Gasteiger charge is 2.33. The zero-order valence-corrected chi connectivity index (χ0v) is 19.5. The van der Waals surface area contributed by atoms with Crippen molar-refractivity contribution in [1.29, 1.82) is 0 Å². The van der Waals surface area contributed by atoms with E-state index in [1.54, 1.807) is 0 Å². The third kappa shape index (κ3) is 3.98. The van der Waals surface area contributed by atoms with Crippen molar-refractivity contribution in [3.63, 3.8) is 0 Å². The first-order valence-corrected chi connectivity index (χ1v) is 11.9. The van der Waals surface area contributed by atoms with Crippen LogP contribution in [0.4, 0.5) is 0 Å². The van der Waals surface area contributed by atoms with Gasteiger partial charge in [-0.25, -0.2) is 0 Å². The molecule has 2 saturated carbocycles. The van der Waals surface area contributed by atoms with Gasteiger partial charge in [0.15, 0.2) is 0 Å². The maximum absolute atomic E-state index is 11.0. The van der Waals surface area contributed by atoms with Gasteiger partial charge < -0.3 is 10.2 Å². The molecular weight excluding hydrogens is 368 g/mol. The monoisotopic (exact) mass is 406 g/mol. The summed E-state index contributed by atoms with van der Waals surface area (Å²) in [6.45, 7) is 13.1. The van der Waals surface area contributed by atoms with Gasteiger partial charge in [0, 0.05) is 0 Å². The highest BCUT2D eigenvalue weighted by Crippen LogP contribution is 2.50. The number of rotatable bonds is 7. The van der Waals surface area contributed by atoms with Crippen LogP contribution in [0.15, 0.2) is 24.3 Å². The lowest BCUT2D eigenvalue weighted by Crippen LogP contribution is -2.03. The van der Waals surface area contributed by atoms with E-state index in [-0.39, 0.29) is 11.8 Å². The average molecular weight is 407 g/mol. The molecule has 2 fully saturated rings. The molecule has 30 heavy (non-hydrogen) atoms. The molecule has 0 radical (unpaired) electrons. The zero-order valence-electron chi connectivity index (χ0n) is 19.5. The van der Waals surface area contributed by atoms with Crippen LogP contribution in [-0.2, 0) is 0 Å². The van der Waals surface area contributed by atoms with E-state index in [0.29, 0.717) is 35.2 Å². The molecule has 0 saturated heterocycles. The van der Waals surface area contributed by atoms with E-state index < -0.39 is 0 Å². The quantitative estimate of drug-likeness (QED) is 0.488. The second-order valence-corrected chi connectivity index (χ2v) is 10.6. The SMILES string of the molecule is CC(C)c1cc(-c2cc(C(C)C)c(O)c([C@@H](C)C3CC3)c2)cc([C@@H](C)C2CC2)c1O. The summed E-state index contributed by atoms with van der Waals surface area (Å²) in [5, 5.41) is 22.1. The highest BCUT2D eigenvalue weighted by molar-refractivity contribution is 5.71. The Morgan fingerprint density at radius 2 is 0.867 bits per heavy atom. The van der Waals surface area contributed by atoms with E-state index in [2.05, 4.69) is 65.8 Å². The van der Waals surface area contributed by atoms with E-state index in [1.165, 1.54) is 36.8 Å². The van der Waals surface area contributed by atoms with Gasteiger partial charge in [-0.1, -0.05) is 41.5 Å². The number of phenolic OH excluding ortho intramolecular Hbond substituents is 2. The Morgan fingerprint density at radius 3 is 1.13 bits per heavy atom. The Kier molecular flexibility index (Phi) is 5.64. The standard InChI is InChI=1S/C28H38O2/c1-15(2)23-11-21(13-25(27(23)29)17(5)19-7-8-19)22-12-24(16(3)4)28(30)26(14-22)18(6)20-9-10-20/h11-20,29-30H,7-10H2,1-6H3/t17-,18-/m0/s1. The fraction of sp³-hybridized carbons (Fsp3) is 0.571. The van der Waals surface area contributed by atoms with Crippen molar-refractivity contribution in [1.82, 2.24) is 0 Å². The van der Waals surface area contributed by atoms with E-state index in [0.717, 1.165) is 22.3 Å². The summed E-state index contributed by atoms with van der Waals surface area (Å²) in [5.74, 6) is 3.67. The van der Waals surface area contributed by atoms with Crippen LogP contribution >= 0.6 is 0 Å². The molecule has 0 bridgehead atoms. The summed E-state index contributed by atoms with van der Waals surface area (Å²) in [7, 11) is 0. The van der Waals surface area contributed by atoms with Crippen molar-refractivity contribution in [2.45, 2.75) is 90.9 Å². The summed E-state index contributed by atoms with van der Waals surface area (Å²) >= 11 is 0. The topological polar surface area (TPSA) is 40.5 Å². The molecule has 2 aromatic carbocycles. The lowest BCUT2D eigenvalue weighted by atomic mass is 9.84. The summed E-state index contributed by atoms with van der Waals surface area (Å²) < 4.78 is 0. The first kappa shape index (κ1) is 21.3. The molecule has 0 unspecified atom stereocenters. The Balaban J connectivity index is 1.88. The summed E-state index contributed by atoms with van der Waals surface area (Å²) in [6, 6.07) is 8.77. The van der Waals surface area contributed by atoms with Crippen molar-refractivity contribution in [3.8, 4) is 22.6 Å². The van der Waals surface area contributed by atoms with Crippen molar-refractivity contribution in [3.05, 3.63) is 46.5 Å². The molecule has 2 N–H and O–H groups in total. The van der Waals surface area contributed by atoms with Gasteiger partial charge in [0.05, 0.1) is 0 Å². The molecule has 0 aromatic heterocycles. The van der Waals surface area contributed by atoms with Gasteiger partial charge in [0.2, 0.25) is 0 Å². The Bertz CT molecular complexity index is 855. The third-order valence-electron chi connectivity index (χ3n) is 7.55. The Hall–Kier alpha value is -1.96. The first-order chi connectivity index (χ1) is 14.2. The Morgan fingerprint density at radius 1 is 0.567 bits per heavy atom. The van der Waals surface area contributed by atoms with Gasteiger partial charge in [-0.15, -0.1) is 0 Å². The van der Waals surface area contributed by atoms with Crippen LogP contribution in [-0.4, -0.2) is 10.2 Å². The molecule has 0 amide bonds. The number of benzene rings is 2. The lowest BCUT2D eigenvalue weighted by Gasteiger charge is -2.22. The van der Waals surface area contributed by atoms with Crippen molar-refractivity contribution < 1.29 is 10.2 Å². The van der Waals surface area contributed by atoms with Gasteiger partial charge in [-0.2, -0.15) is 0 Å². The molecule has 2 aliphatic carbocycles. The lowest BCUT2D eigenvalue weighted by molar-refractivity contribution is 0.448. The maximum atomic E-state index is 11.0. The van der Waals surface area contributed by atoms with Crippen LogP contribution in [0.1, 0.15) is 113 Å². The van der Waals surface area contributed by atoms with E-state index in [9.17, 15) is 10.2 Å². The normalized spacial score (nSPS) is 18.8. The van der Waals surface area contributed by atoms with Crippen molar-refractivity contribution >= 4 is 0 Å². The first-order valence-electron chi connectivity index (χ1n) is 11.9. The molecule has 4 rings (SSSR count). The van der Waals surface area contributed by atoms with Gasteiger partial charge in [-0.05, 0) is 119 Å².